The molecule has 7 aromatic carbocycles. The standard InChI is InChI=1S/C18H14F3N3O2.C18H12F3N3O.C17H12BrF3N2O.C11H8BrF3N2O2S/c19-18(20,21)15-10-24(14-8-6-13(7-9-14)16(22)25)17(23-15)26-11-12-4-2-1-3-5-12;1-22-14-7-9-15(10-8-14)24-11-16(18(19,20)21)23-17(24)25-12-13-5-3-2-4-6-13;18-13-6-8-14(9-7-13)23-10-15(17(19,20)21)22-16(23)24-11-12-4-2-1-3-5-12;1-20(18,19)10-16-9(11(13,14)15)6-17(10)8-4-2-7(12)3-5-8/h1-10H,11H2,(H2,22,25);2-11H,12H2;1-10H,11H2;2-6H,1H3. The molecule has 0 saturated heterocycles. The molecule has 16 nitrogen and oxygen atoms in total. The zero-order chi connectivity index (χ0) is 68.9. The van der Waals surface area contributed by atoms with E-state index in [-0.39, 0.29) is 49.1 Å². The fourth-order valence-corrected chi connectivity index (χ4v) is 9.46. The molecule has 2 N–H and O–H groups in total. The van der Waals surface area contributed by atoms with Gasteiger partial charge >= 0.3 is 42.7 Å². The Hall–Kier alpha value is -10.2. The lowest BCUT2D eigenvalue weighted by Crippen LogP contribution is -2.10. The number of carbonyl (C=O) groups excluding carboxylic acids is 1. The molecule has 11 rings (SSSR count). The van der Waals surface area contributed by atoms with Gasteiger partial charge in [-0.25, -0.2) is 18.2 Å². The van der Waals surface area contributed by atoms with Crippen molar-refractivity contribution >= 4 is 53.3 Å². The van der Waals surface area contributed by atoms with E-state index in [0.29, 0.717) is 28.9 Å². The normalized spacial score (nSPS) is 11.6. The summed E-state index contributed by atoms with van der Waals surface area (Å²) in [6.45, 7) is 7.23. The number of alkyl halides is 12. The van der Waals surface area contributed by atoms with Crippen molar-refractivity contribution in [1.29, 1.82) is 0 Å². The van der Waals surface area contributed by atoms with Gasteiger partial charge in [-0.1, -0.05) is 135 Å². The Morgan fingerprint density at radius 2 is 0.716 bits per heavy atom. The summed E-state index contributed by atoms with van der Waals surface area (Å²) >= 11 is 6.49. The Bertz CT molecular complexity index is 4510. The number of imidazole rings is 4. The zero-order valence-corrected chi connectivity index (χ0v) is 52.6. The summed E-state index contributed by atoms with van der Waals surface area (Å²) in [5.41, 5.74) is 5.51. The molecule has 0 radical (unpaired) electrons. The van der Waals surface area contributed by atoms with E-state index in [2.05, 4.69) is 56.6 Å². The SMILES string of the molecule is CS(=O)(=O)c1nc(C(F)(F)F)cn1-c1ccc(Br)cc1.FC(F)(F)c1cn(-c2ccc(Br)cc2)c(OCc2ccccc2)n1.NC(=O)c1ccc(-n2cc(C(F)(F)F)nc2OCc2ccccc2)cc1.[C-]#[N+]c1ccc(-n2cc(C(F)(F)F)nc2OCc2ccccc2)cc1. The van der Waals surface area contributed by atoms with Gasteiger partial charge < -0.3 is 19.9 Å². The van der Waals surface area contributed by atoms with Crippen LogP contribution in [-0.4, -0.2) is 58.8 Å². The molecule has 11 aromatic rings. The molecule has 492 valence electrons. The third-order valence-corrected chi connectivity index (χ3v) is 14.7. The average molecular weight is 1470 g/mol. The highest BCUT2D eigenvalue weighted by Gasteiger charge is 2.39. The third-order valence-electron chi connectivity index (χ3n) is 12.7. The van der Waals surface area contributed by atoms with E-state index in [0.717, 1.165) is 55.0 Å². The molecule has 0 aliphatic carbocycles. The highest BCUT2D eigenvalue weighted by molar-refractivity contribution is 9.10. The summed E-state index contributed by atoms with van der Waals surface area (Å²) < 4.78 is 201. The van der Waals surface area contributed by atoms with Crippen LogP contribution in [0.4, 0.5) is 58.4 Å². The lowest BCUT2D eigenvalue weighted by molar-refractivity contribution is -0.141. The second-order valence-corrected chi connectivity index (χ2v) is 23.4. The zero-order valence-electron chi connectivity index (χ0n) is 48.6. The Balaban J connectivity index is 0.000000163. The van der Waals surface area contributed by atoms with Gasteiger partial charge in [-0.3, -0.25) is 23.1 Å². The predicted octanol–water partition coefficient (Wildman–Crippen LogP) is 16.9. The first kappa shape index (κ1) is 70.7. The van der Waals surface area contributed by atoms with Gasteiger partial charge in [0.1, 0.15) is 19.8 Å². The molecule has 1 amide bonds. The van der Waals surface area contributed by atoms with E-state index in [1.165, 1.54) is 62.2 Å². The number of halogens is 14. The molecule has 0 aliphatic heterocycles. The molecule has 0 bridgehead atoms. The van der Waals surface area contributed by atoms with Crippen LogP contribution in [0.25, 0.3) is 27.6 Å². The fraction of sp³-hybridized carbons (Fsp3) is 0.125. The van der Waals surface area contributed by atoms with E-state index >= 15 is 0 Å². The number of primary amides is 1. The van der Waals surface area contributed by atoms with Gasteiger partial charge in [-0.15, -0.1) is 0 Å². The maximum Gasteiger partial charge on any atom is 0.435 e. The van der Waals surface area contributed by atoms with Crippen LogP contribution in [0, 0.1) is 6.57 Å². The van der Waals surface area contributed by atoms with E-state index in [1.54, 1.807) is 72.8 Å². The van der Waals surface area contributed by atoms with Crippen molar-refractivity contribution < 1.29 is 80.1 Å². The number of benzene rings is 7. The van der Waals surface area contributed by atoms with Crippen LogP contribution in [0.3, 0.4) is 0 Å². The average Bonchev–Trinajstić information content (AvgIpc) is 1.67. The Morgan fingerprint density at radius 3 is 1.00 bits per heavy atom. The molecule has 0 aliphatic rings. The van der Waals surface area contributed by atoms with Crippen molar-refractivity contribution in [2.75, 3.05) is 6.26 Å². The molecule has 4 aromatic heterocycles. The molecule has 0 atom stereocenters. The first-order chi connectivity index (χ1) is 44.8. The molecule has 4 heterocycles. The van der Waals surface area contributed by atoms with Crippen LogP contribution in [-0.2, 0) is 54.4 Å². The highest BCUT2D eigenvalue weighted by Crippen LogP contribution is 2.36. The van der Waals surface area contributed by atoms with Crippen LogP contribution < -0.4 is 19.9 Å². The van der Waals surface area contributed by atoms with E-state index < -0.39 is 68.4 Å². The summed E-state index contributed by atoms with van der Waals surface area (Å²) in [7, 11) is -3.89. The van der Waals surface area contributed by atoms with Crippen LogP contribution in [0.2, 0.25) is 0 Å². The number of aromatic nitrogens is 8. The number of nitrogens with two attached hydrogens (primary N) is 1. The van der Waals surface area contributed by atoms with E-state index in [4.69, 9.17) is 26.5 Å². The van der Waals surface area contributed by atoms with Gasteiger partial charge in [-0.2, -0.15) is 67.6 Å². The van der Waals surface area contributed by atoms with Crippen LogP contribution in [0.5, 0.6) is 18.0 Å². The maximum absolute atomic E-state index is 13.0. The first-order valence-corrected chi connectivity index (χ1v) is 30.6. The quantitative estimate of drug-likeness (QED) is 0.0766. The van der Waals surface area contributed by atoms with Gasteiger partial charge in [0.25, 0.3) is 0 Å². The number of amides is 1. The lowest BCUT2D eigenvalue weighted by Gasteiger charge is -2.09. The van der Waals surface area contributed by atoms with Gasteiger partial charge in [0.15, 0.2) is 28.5 Å². The van der Waals surface area contributed by atoms with Gasteiger partial charge in [0.2, 0.25) is 20.9 Å². The molecule has 0 saturated carbocycles. The lowest BCUT2D eigenvalue weighted by atomic mass is 10.2. The molecule has 31 heteroatoms. The Labute approximate surface area is 549 Å². The van der Waals surface area contributed by atoms with E-state index in [1.807, 2.05) is 66.7 Å². The Kier molecular flexibility index (Phi) is 22.5. The van der Waals surface area contributed by atoms with Crippen molar-refractivity contribution in [1.82, 2.24) is 38.2 Å². The number of carbonyl (C=O) groups is 1. The second kappa shape index (κ2) is 30.3. The largest absolute Gasteiger partial charge is 0.460 e. The minimum atomic E-state index is -4.71. The van der Waals surface area contributed by atoms with Gasteiger partial charge in [-0.05, 0) is 102 Å². The maximum atomic E-state index is 13.0. The minimum Gasteiger partial charge on any atom is -0.460 e. The first-order valence-electron chi connectivity index (χ1n) is 27.1. The molecule has 95 heavy (non-hydrogen) atoms. The van der Waals surface area contributed by atoms with Crippen molar-refractivity contribution in [2.45, 2.75) is 49.7 Å². The van der Waals surface area contributed by atoms with Crippen LogP contribution in [0.1, 0.15) is 49.8 Å². The third kappa shape index (κ3) is 19.7. The molecular weight excluding hydrogens is 1420 g/mol. The van der Waals surface area contributed by atoms with Crippen LogP contribution in [0.15, 0.2) is 227 Å². The smallest absolute Gasteiger partial charge is 0.435 e. The summed E-state index contributed by atoms with van der Waals surface area (Å²) in [4.78, 5) is 28.3. The van der Waals surface area contributed by atoms with Gasteiger partial charge in [0.05, 0.1) is 17.9 Å². The fourth-order valence-electron chi connectivity index (χ4n) is 8.15. The number of hydrogen-bond acceptors (Lipinski definition) is 10. The summed E-state index contributed by atoms with van der Waals surface area (Å²) in [5.74, 6) is -0.626. The summed E-state index contributed by atoms with van der Waals surface area (Å²) in [5, 5.41) is -0.646. The number of rotatable bonds is 15. The number of ether oxygens (including phenoxy) is 3. The van der Waals surface area contributed by atoms with Gasteiger partial charge in [0, 0.05) is 56.9 Å². The Morgan fingerprint density at radius 1 is 0.442 bits per heavy atom. The molecule has 0 spiro atoms. The predicted molar refractivity (Wildman–Crippen MR) is 330 cm³/mol. The molecule has 0 unspecified atom stereocenters. The number of sulfone groups is 1. The van der Waals surface area contributed by atoms with Crippen molar-refractivity contribution in [3.63, 3.8) is 0 Å². The van der Waals surface area contributed by atoms with Crippen LogP contribution >= 0.6 is 31.9 Å². The highest BCUT2D eigenvalue weighted by atomic mass is 79.9. The topological polar surface area (TPSA) is 181 Å². The van der Waals surface area contributed by atoms with E-state index in [9.17, 15) is 65.9 Å². The monoisotopic (exact) mass is 1470 g/mol. The minimum absolute atomic E-state index is 0.0640. The van der Waals surface area contributed by atoms with Crippen molar-refractivity contribution in [2.24, 2.45) is 5.73 Å². The second-order valence-electron chi connectivity index (χ2n) is 19.7. The number of nitrogens with zero attached hydrogens (tertiary/aromatic N) is 9. The summed E-state index contributed by atoms with van der Waals surface area (Å²) in [6.07, 6.45) is -14.3. The molecular formula is C64H46Br2F12N10O6S. The molecule has 0 fully saturated rings. The van der Waals surface area contributed by atoms with Crippen molar-refractivity contribution in [3.05, 3.63) is 278 Å². The number of hydrogen-bond donors (Lipinski definition) is 1. The summed E-state index contributed by atoms with van der Waals surface area (Å²) in [6, 6.07) is 51.7. The van der Waals surface area contributed by atoms with Crippen molar-refractivity contribution in [3.8, 4) is 40.8 Å².